The first-order valence-electron chi connectivity index (χ1n) is 3.95. The zero-order valence-electron chi connectivity index (χ0n) is 7.37. The molecule has 0 aromatic carbocycles. The first-order valence-corrected chi connectivity index (χ1v) is 9.58. The Kier molecular flexibility index (Phi) is 8.33. The van der Waals surface area contributed by atoms with Gasteiger partial charge in [-0.05, 0) is 26.4 Å². The van der Waals surface area contributed by atoms with Crippen molar-refractivity contribution < 1.29 is 16.5 Å². The average Bonchev–Trinajstić information content (AvgIpc) is 2.33. The molecule has 0 bridgehead atoms. The summed E-state index contributed by atoms with van der Waals surface area (Å²) in [6, 6.07) is 1.07. The summed E-state index contributed by atoms with van der Waals surface area (Å²) in [5.41, 5.74) is 5.84. The molecule has 1 aliphatic rings. The van der Waals surface area contributed by atoms with E-state index in [4.69, 9.17) is 24.6 Å². The van der Waals surface area contributed by atoms with Gasteiger partial charge < -0.3 is 10.6 Å². The van der Waals surface area contributed by atoms with E-state index >= 15 is 0 Å². The van der Waals surface area contributed by atoms with Crippen LogP contribution < -0.4 is 5.73 Å². The van der Waals surface area contributed by atoms with Crippen LogP contribution in [0.25, 0.3) is 0 Å². The Morgan fingerprint density at radius 3 is 2.25 bits per heavy atom. The van der Waals surface area contributed by atoms with E-state index in [0.717, 1.165) is 0 Å². The summed E-state index contributed by atoms with van der Waals surface area (Å²) >= 11 is -0.472. The molecule has 0 saturated carbocycles. The average molecular weight is 394 g/mol. The topological polar surface area (TPSA) is 29.3 Å². The van der Waals surface area contributed by atoms with Crippen LogP contribution in [0.15, 0.2) is 0 Å². The Bertz CT molecular complexity index is 106. The van der Waals surface area contributed by atoms with Crippen LogP contribution in [-0.2, 0) is 16.5 Å². The molecule has 2 nitrogen and oxygen atoms in total. The van der Waals surface area contributed by atoms with E-state index in [1.54, 1.807) is 0 Å². The molecule has 1 aliphatic heterocycles. The van der Waals surface area contributed by atoms with Gasteiger partial charge in [-0.2, -0.15) is 0 Å². The molecule has 1 fully saturated rings. The molecule has 0 radical (unpaired) electrons. The van der Waals surface area contributed by atoms with Crippen LogP contribution in [0, 0.1) is 0 Å². The van der Waals surface area contributed by atoms with Gasteiger partial charge in [0.25, 0.3) is 0 Å². The number of hydrogen-bond donors (Lipinski definition) is 1. The number of likely N-dealkylation sites (tertiary alicyclic amines) is 1. The summed E-state index contributed by atoms with van der Waals surface area (Å²) in [7, 11) is 11.9. The summed E-state index contributed by atoms with van der Waals surface area (Å²) in [5.74, 6) is 0. The molecule has 0 unspecified atom stereocenters. The zero-order valence-corrected chi connectivity index (χ0v) is 11.2. The molecule has 2 N–H and O–H groups in total. The van der Waals surface area contributed by atoms with Crippen molar-refractivity contribution >= 4 is 18.8 Å². The van der Waals surface area contributed by atoms with Crippen molar-refractivity contribution in [1.82, 2.24) is 4.90 Å². The van der Waals surface area contributed by atoms with Gasteiger partial charge >= 0.3 is 35.3 Å². The molecule has 0 aromatic heterocycles. The molecule has 1 rings (SSSR count). The Hall–Kier alpha value is 1.19. The van der Waals surface area contributed by atoms with Crippen LogP contribution in [0.1, 0.15) is 19.8 Å². The van der Waals surface area contributed by atoms with E-state index in [2.05, 4.69) is 18.9 Å². The number of likely N-dealkylation sites (N-methyl/N-ethyl adjacent to an activating group) is 1. The van der Waals surface area contributed by atoms with Crippen molar-refractivity contribution in [1.29, 1.82) is 0 Å². The van der Waals surface area contributed by atoms with Gasteiger partial charge in [0.2, 0.25) is 0 Å². The molecule has 12 heavy (non-hydrogen) atoms. The summed E-state index contributed by atoms with van der Waals surface area (Å²) in [4.78, 5) is 2.35. The standard InChI is InChI=1S/C7H16N2.2ClH.Pt/c1-3-7-6(8)4-5-9(7)2;;;/h6-7H,3-5,8H2,1-2H3;2*1H;/q;;;+2/p-2/t6-,7-;;;/m1.../s1. The monoisotopic (exact) mass is 393 g/mol. The Morgan fingerprint density at radius 2 is 2.08 bits per heavy atom. The van der Waals surface area contributed by atoms with E-state index < -0.39 is 16.5 Å². The third kappa shape index (κ3) is 4.43. The maximum atomic E-state index is 5.84. The van der Waals surface area contributed by atoms with E-state index in [0.29, 0.717) is 12.1 Å². The van der Waals surface area contributed by atoms with Crippen molar-refractivity contribution in [3.8, 4) is 0 Å². The Labute approximate surface area is 91.2 Å². The molecule has 0 spiro atoms. The second-order valence-electron chi connectivity index (χ2n) is 2.95. The molecule has 0 amide bonds. The summed E-state index contributed by atoms with van der Waals surface area (Å²) in [5, 5.41) is 0. The second kappa shape index (κ2) is 7.58. The Balaban J connectivity index is 0.000000354. The number of rotatable bonds is 1. The third-order valence-corrected chi connectivity index (χ3v) is 2.29. The number of nitrogens with two attached hydrogens (primary N) is 1. The van der Waals surface area contributed by atoms with Crippen molar-refractivity contribution in [2.24, 2.45) is 5.73 Å². The predicted octanol–water partition coefficient (Wildman–Crippen LogP) is 1.80. The van der Waals surface area contributed by atoms with E-state index in [1.807, 2.05) is 0 Å². The van der Waals surface area contributed by atoms with Gasteiger partial charge in [0.05, 0.1) is 0 Å². The molecular weight excluding hydrogens is 378 g/mol. The molecular formula is C7H16Cl2N2Pt. The molecule has 1 saturated heterocycles. The second-order valence-corrected chi connectivity index (χ2v) is 6.24. The quantitative estimate of drug-likeness (QED) is 0.735. The van der Waals surface area contributed by atoms with Gasteiger partial charge in [-0.1, -0.05) is 6.92 Å². The van der Waals surface area contributed by atoms with Crippen LogP contribution in [0.2, 0.25) is 0 Å². The fraction of sp³-hybridized carbons (Fsp3) is 1.00. The molecule has 0 aromatic rings. The third-order valence-electron chi connectivity index (χ3n) is 2.29. The predicted molar refractivity (Wildman–Crippen MR) is 51.0 cm³/mol. The van der Waals surface area contributed by atoms with Crippen LogP contribution >= 0.6 is 18.8 Å². The minimum absolute atomic E-state index is 0.431. The molecule has 2 atom stereocenters. The fourth-order valence-electron chi connectivity index (χ4n) is 1.65. The van der Waals surface area contributed by atoms with Crippen LogP contribution in [0.5, 0.6) is 0 Å². The van der Waals surface area contributed by atoms with E-state index in [9.17, 15) is 0 Å². The first-order chi connectivity index (χ1) is 5.67. The maximum absolute atomic E-state index is 5.84. The van der Waals surface area contributed by atoms with Gasteiger partial charge in [0, 0.05) is 12.1 Å². The summed E-state index contributed by atoms with van der Waals surface area (Å²) in [6.45, 7) is 3.38. The minimum atomic E-state index is -0.472. The number of hydrogen-bond acceptors (Lipinski definition) is 2. The van der Waals surface area contributed by atoms with Crippen molar-refractivity contribution in [2.75, 3.05) is 13.6 Å². The summed E-state index contributed by atoms with van der Waals surface area (Å²) in [6.07, 6.45) is 2.37. The van der Waals surface area contributed by atoms with Crippen LogP contribution in [0.3, 0.4) is 0 Å². The van der Waals surface area contributed by atoms with Gasteiger partial charge in [-0.15, -0.1) is 0 Å². The van der Waals surface area contributed by atoms with Crippen LogP contribution in [-0.4, -0.2) is 30.6 Å². The van der Waals surface area contributed by atoms with Gasteiger partial charge in [0.15, 0.2) is 0 Å². The van der Waals surface area contributed by atoms with Crippen molar-refractivity contribution in [3.63, 3.8) is 0 Å². The summed E-state index contributed by atoms with van der Waals surface area (Å²) < 4.78 is 0. The molecule has 5 heteroatoms. The van der Waals surface area contributed by atoms with Gasteiger partial charge in [-0.25, -0.2) is 0 Å². The Morgan fingerprint density at radius 1 is 1.58 bits per heavy atom. The number of halogens is 2. The van der Waals surface area contributed by atoms with Crippen molar-refractivity contribution in [2.45, 2.75) is 31.8 Å². The fourth-order valence-corrected chi connectivity index (χ4v) is 1.65. The van der Waals surface area contributed by atoms with Crippen molar-refractivity contribution in [3.05, 3.63) is 0 Å². The number of nitrogens with zero attached hydrogens (tertiary/aromatic N) is 1. The molecule has 78 valence electrons. The zero-order chi connectivity index (χ0) is 9.56. The SMILES string of the molecule is CC[C@@H]1[C@H](N)CCN1C.[Cl][Pt][Cl]. The normalized spacial score (nSPS) is 30.1. The molecule has 0 aliphatic carbocycles. The first kappa shape index (κ1) is 13.2. The van der Waals surface area contributed by atoms with E-state index in [1.165, 1.54) is 19.4 Å². The van der Waals surface area contributed by atoms with Gasteiger partial charge in [-0.3, -0.25) is 0 Å². The van der Waals surface area contributed by atoms with Crippen LogP contribution in [0.4, 0.5) is 0 Å². The van der Waals surface area contributed by atoms with Gasteiger partial charge in [0.1, 0.15) is 0 Å². The van der Waals surface area contributed by atoms with E-state index in [-0.39, 0.29) is 0 Å². The molecule has 1 heterocycles.